The molecule has 1 aliphatic rings. The maximum atomic E-state index is 13.9. The number of methoxy groups -OCH3 is 1. The quantitative estimate of drug-likeness (QED) is 0.160. The molecule has 0 aliphatic carbocycles. The molecular weight excluding hydrogens is 567 g/mol. The first-order valence-corrected chi connectivity index (χ1v) is 14.6. The second-order valence-electron chi connectivity index (χ2n) is 9.51. The van der Waals surface area contributed by atoms with Crippen LogP contribution < -0.4 is 20.1 Å². The highest BCUT2D eigenvalue weighted by molar-refractivity contribution is 7.52. The number of nitrogens with one attached hydrogen (secondary N) is 1. The molecule has 0 saturated carbocycles. The zero-order valence-corrected chi connectivity index (χ0v) is 23.8. The van der Waals surface area contributed by atoms with Gasteiger partial charge in [-0.15, -0.1) is 0 Å². The molecular formula is C27H31N6O8P. The molecule has 15 heteroatoms. The Hall–Kier alpha value is -4.07. The Bertz CT molecular complexity index is 1560. The van der Waals surface area contributed by atoms with E-state index >= 15 is 0 Å². The minimum Gasteiger partial charge on any atom is -0.467 e. The molecule has 3 heterocycles. The lowest BCUT2D eigenvalue weighted by Crippen LogP contribution is -2.35. The summed E-state index contributed by atoms with van der Waals surface area (Å²) in [6.07, 6.45) is -0.995. The SMILES string of the molecule is COc1nc(N)c2ncn(C3O[C@H](COP(=O)(N[C@@H](C)C(=O)OCc4ccccc4)Oc4ccccc4)C[C@@H]3O)c2n1. The molecule has 5 atom stereocenters. The van der Waals surface area contributed by atoms with Gasteiger partial charge in [0.25, 0.3) is 0 Å². The molecule has 14 nitrogen and oxygen atoms in total. The van der Waals surface area contributed by atoms with Crippen molar-refractivity contribution in [2.24, 2.45) is 0 Å². The van der Waals surface area contributed by atoms with E-state index < -0.39 is 38.2 Å². The highest BCUT2D eigenvalue weighted by Crippen LogP contribution is 2.46. The average molecular weight is 599 g/mol. The monoisotopic (exact) mass is 598 g/mol. The number of hydrogen-bond acceptors (Lipinski definition) is 12. The van der Waals surface area contributed by atoms with Crippen LogP contribution in [-0.2, 0) is 30.0 Å². The summed E-state index contributed by atoms with van der Waals surface area (Å²) < 4.78 is 43.3. The number of aliphatic hydroxyl groups excluding tert-OH is 1. The summed E-state index contributed by atoms with van der Waals surface area (Å²) in [4.78, 5) is 25.2. The van der Waals surface area contributed by atoms with Gasteiger partial charge in [-0.2, -0.15) is 15.1 Å². The Kier molecular flexibility index (Phi) is 9.00. The van der Waals surface area contributed by atoms with Crippen molar-refractivity contribution in [3.8, 4) is 11.8 Å². The van der Waals surface area contributed by atoms with Gasteiger partial charge in [-0.05, 0) is 24.6 Å². The van der Waals surface area contributed by atoms with Crippen molar-refractivity contribution >= 4 is 30.7 Å². The summed E-state index contributed by atoms with van der Waals surface area (Å²) in [7, 11) is -2.73. The standard InChI is InChI=1S/C27H31N6O8P/c1-17(26(35)38-14-18-9-5-3-6-10-18)32-42(36,41-19-11-7-4-8-12-19)39-15-20-13-21(34)25(40-20)33-16-29-22-23(28)30-27(37-2)31-24(22)33/h3-12,16-17,20-21,25,34H,13-15H2,1-2H3,(H,32,36)(H2,28,30,31)/t17-,20-,21-,25?,42?/m0/s1. The number of nitrogens with two attached hydrogens (primary N) is 1. The maximum absolute atomic E-state index is 13.9. The van der Waals surface area contributed by atoms with Gasteiger partial charge >= 0.3 is 19.7 Å². The third-order valence-electron chi connectivity index (χ3n) is 6.38. The third-order valence-corrected chi connectivity index (χ3v) is 8.02. The van der Waals surface area contributed by atoms with Gasteiger partial charge in [0.2, 0.25) is 0 Å². The van der Waals surface area contributed by atoms with Gasteiger partial charge in [-0.1, -0.05) is 48.5 Å². The minimum atomic E-state index is -4.14. The van der Waals surface area contributed by atoms with Crippen molar-refractivity contribution in [1.82, 2.24) is 24.6 Å². The van der Waals surface area contributed by atoms with E-state index in [0.29, 0.717) is 11.2 Å². The Balaban J connectivity index is 1.26. The van der Waals surface area contributed by atoms with Crippen LogP contribution in [0.1, 0.15) is 25.1 Å². The molecule has 0 radical (unpaired) electrons. The van der Waals surface area contributed by atoms with Crippen molar-refractivity contribution in [3.63, 3.8) is 0 Å². The predicted molar refractivity (Wildman–Crippen MR) is 150 cm³/mol. The van der Waals surface area contributed by atoms with Gasteiger partial charge in [0, 0.05) is 6.42 Å². The molecule has 1 aliphatic heterocycles. The number of anilines is 1. The molecule has 2 unspecified atom stereocenters. The zero-order valence-electron chi connectivity index (χ0n) is 22.9. The fourth-order valence-corrected chi connectivity index (χ4v) is 5.84. The van der Waals surface area contributed by atoms with E-state index in [2.05, 4.69) is 20.0 Å². The summed E-state index contributed by atoms with van der Waals surface area (Å²) in [6, 6.07) is 16.6. The van der Waals surface area contributed by atoms with Crippen LogP contribution in [0, 0.1) is 0 Å². The normalized spacial score (nSPS) is 20.6. The number of para-hydroxylation sites is 1. The smallest absolute Gasteiger partial charge is 0.459 e. The average Bonchev–Trinajstić information content (AvgIpc) is 3.58. The van der Waals surface area contributed by atoms with Gasteiger partial charge < -0.3 is 29.6 Å². The number of aliphatic hydroxyl groups is 1. The molecule has 222 valence electrons. The lowest BCUT2D eigenvalue weighted by atomic mass is 10.2. The van der Waals surface area contributed by atoms with E-state index in [1.807, 2.05) is 30.3 Å². The lowest BCUT2D eigenvalue weighted by Gasteiger charge is -2.24. The first kappa shape index (κ1) is 29.4. The predicted octanol–water partition coefficient (Wildman–Crippen LogP) is 2.99. The Morgan fingerprint density at radius 2 is 1.90 bits per heavy atom. The summed E-state index contributed by atoms with van der Waals surface area (Å²) in [5, 5.41) is 13.5. The van der Waals surface area contributed by atoms with Crippen molar-refractivity contribution < 1.29 is 37.7 Å². The summed E-state index contributed by atoms with van der Waals surface area (Å²) in [5.74, 6) is -0.264. The first-order valence-electron chi connectivity index (χ1n) is 13.1. The topological polar surface area (TPSA) is 182 Å². The molecule has 4 N–H and O–H groups in total. The van der Waals surface area contributed by atoms with Crippen molar-refractivity contribution in [1.29, 1.82) is 0 Å². The van der Waals surface area contributed by atoms with E-state index in [0.717, 1.165) is 5.56 Å². The molecule has 0 amide bonds. The van der Waals surface area contributed by atoms with Gasteiger partial charge in [0.15, 0.2) is 23.2 Å². The molecule has 5 rings (SSSR count). The Morgan fingerprint density at radius 3 is 2.62 bits per heavy atom. The van der Waals surface area contributed by atoms with Crippen LogP contribution in [0.5, 0.6) is 11.8 Å². The van der Waals surface area contributed by atoms with Crippen LogP contribution in [0.3, 0.4) is 0 Å². The Labute approximate surface area is 241 Å². The molecule has 0 bridgehead atoms. The molecule has 4 aromatic rings. The number of carbonyl (C=O) groups is 1. The van der Waals surface area contributed by atoms with E-state index in [9.17, 15) is 14.5 Å². The molecule has 0 spiro atoms. The van der Waals surface area contributed by atoms with E-state index in [1.54, 1.807) is 30.3 Å². The van der Waals surface area contributed by atoms with Crippen molar-refractivity contribution in [3.05, 3.63) is 72.6 Å². The second kappa shape index (κ2) is 12.8. The van der Waals surface area contributed by atoms with Gasteiger partial charge in [-0.25, -0.2) is 9.55 Å². The van der Waals surface area contributed by atoms with Gasteiger partial charge in [-0.3, -0.25) is 13.9 Å². The number of rotatable bonds is 12. The Morgan fingerprint density at radius 1 is 1.19 bits per heavy atom. The highest BCUT2D eigenvalue weighted by atomic mass is 31.2. The number of nitrogen functional groups attached to an aromatic ring is 1. The van der Waals surface area contributed by atoms with Gasteiger partial charge in [0.05, 0.1) is 26.1 Å². The summed E-state index contributed by atoms with van der Waals surface area (Å²) >= 11 is 0. The van der Waals surface area contributed by atoms with Crippen LogP contribution in [-0.4, -0.2) is 62.6 Å². The number of imidazole rings is 1. The maximum Gasteiger partial charge on any atom is 0.459 e. The fraction of sp³-hybridized carbons (Fsp3) is 0.333. The summed E-state index contributed by atoms with van der Waals surface area (Å²) in [6.45, 7) is 1.32. The van der Waals surface area contributed by atoms with E-state index in [1.165, 1.54) is 24.9 Å². The van der Waals surface area contributed by atoms with Gasteiger partial charge in [0.1, 0.15) is 24.5 Å². The largest absolute Gasteiger partial charge is 0.467 e. The van der Waals surface area contributed by atoms with Crippen molar-refractivity contribution in [2.45, 2.75) is 44.4 Å². The number of benzene rings is 2. The molecule has 42 heavy (non-hydrogen) atoms. The second-order valence-corrected chi connectivity index (χ2v) is 11.2. The molecule has 2 aromatic carbocycles. The third kappa shape index (κ3) is 6.86. The van der Waals surface area contributed by atoms with Crippen LogP contribution in [0.15, 0.2) is 67.0 Å². The van der Waals surface area contributed by atoms with Crippen LogP contribution >= 0.6 is 7.75 Å². The number of nitrogens with zero attached hydrogens (tertiary/aromatic N) is 4. The fourth-order valence-electron chi connectivity index (χ4n) is 4.32. The molecule has 2 aromatic heterocycles. The number of ether oxygens (including phenoxy) is 3. The number of carbonyl (C=O) groups excluding carboxylic acids is 1. The lowest BCUT2D eigenvalue weighted by molar-refractivity contribution is -0.146. The van der Waals surface area contributed by atoms with Crippen molar-refractivity contribution in [2.75, 3.05) is 19.5 Å². The van der Waals surface area contributed by atoms with E-state index in [-0.39, 0.29) is 37.2 Å². The zero-order chi connectivity index (χ0) is 29.7. The number of esters is 1. The van der Waals surface area contributed by atoms with Crippen LogP contribution in [0.4, 0.5) is 5.82 Å². The summed E-state index contributed by atoms with van der Waals surface area (Å²) in [5.41, 5.74) is 7.40. The minimum absolute atomic E-state index is 0.0376. The number of hydrogen-bond donors (Lipinski definition) is 3. The highest BCUT2D eigenvalue weighted by Gasteiger charge is 2.39. The van der Waals surface area contributed by atoms with E-state index in [4.69, 9.17) is 29.0 Å². The first-order chi connectivity index (χ1) is 20.2. The number of fused-ring (bicyclic) bond motifs is 1. The number of aromatic nitrogens is 4. The van der Waals surface area contributed by atoms with Crippen LogP contribution in [0.2, 0.25) is 0 Å². The van der Waals surface area contributed by atoms with Crippen LogP contribution in [0.25, 0.3) is 11.2 Å². The molecule has 1 fully saturated rings. The molecule has 1 saturated heterocycles.